The fourth-order valence-corrected chi connectivity index (χ4v) is 4.57. The number of carbonyl (C=O) groups excluding carboxylic acids is 2. The highest BCUT2D eigenvalue weighted by Gasteiger charge is 2.27. The molecule has 30 heavy (non-hydrogen) atoms. The number of nitrogens with zero attached hydrogens (tertiary/aromatic N) is 3. The van der Waals surface area contributed by atoms with Crippen LogP contribution in [-0.2, 0) is 6.42 Å². The van der Waals surface area contributed by atoms with Gasteiger partial charge in [0, 0.05) is 23.7 Å². The van der Waals surface area contributed by atoms with Crippen LogP contribution < -0.4 is 15.5 Å². The van der Waals surface area contributed by atoms with Crippen molar-refractivity contribution in [1.29, 1.82) is 0 Å². The van der Waals surface area contributed by atoms with Crippen LogP contribution in [0.4, 0.5) is 15.8 Å². The average Bonchev–Trinajstić information content (AvgIpc) is 3.46. The Morgan fingerprint density at radius 2 is 2.13 bits per heavy atom. The second kappa shape index (κ2) is 8.38. The van der Waals surface area contributed by atoms with Crippen molar-refractivity contribution >= 4 is 50.5 Å². The number of hydrogen-bond donors (Lipinski definition) is 4. The Morgan fingerprint density at radius 1 is 1.33 bits per heavy atom. The Kier molecular flexibility index (Phi) is 5.66. The van der Waals surface area contributed by atoms with Gasteiger partial charge in [0.2, 0.25) is 5.88 Å². The number of fused-ring (bicyclic) bond motifs is 1. The number of para-hydroxylation sites is 1. The second-order valence-electron chi connectivity index (χ2n) is 6.77. The molecule has 11 heteroatoms. The summed E-state index contributed by atoms with van der Waals surface area (Å²) >= 11 is 2.12. The lowest BCUT2D eigenvalue weighted by molar-refractivity contribution is 0.0919. The van der Waals surface area contributed by atoms with Gasteiger partial charge >= 0.3 is 0 Å². The molecule has 0 saturated heterocycles. The van der Waals surface area contributed by atoms with Crippen LogP contribution in [-0.4, -0.2) is 50.6 Å². The second-order valence-corrected chi connectivity index (χ2v) is 8.40. The summed E-state index contributed by atoms with van der Waals surface area (Å²) in [7, 11) is 0. The molecule has 4 N–H and O–H groups in total. The Hall–Kier alpha value is -3.02. The average molecular weight is 446 g/mol. The third kappa shape index (κ3) is 3.86. The molecule has 0 aliphatic carbocycles. The van der Waals surface area contributed by atoms with Gasteiger partial charge in [0.15, 0.2) is 5.13 Å². The van der Waals surface area contributed by atoms with E-state index >= 15 is 0 Å². The summed E-state index contributed by atoms with van der Waals surface area (Å²) in [6, 6.07) is 7.31. The highest BCUT2D eigenvalue weighted by molar-refractivity contribution is 7.15. The highest BCUT2D eigenvalue weighted by Crippen LogP contribution is 2.34. The fraction of sp³-hybridized carbons (Fsp3) is 0.263. The maximum atomic E-state index is 12.9. The van der Waals surface area contributed by atoms with E-state index in [0.717, 1.165) is 29.2 Å². The van der Waals surface area contributed by atoms with Gasteiger partial charge in [0.05, 0.1) is 6.61 Å². The summed E-state index contributed by atoms with van der Waals surface area (Å²) in [5.74, 6) is -1.16. The SMILES string of the molecule is CC(CO)NC(=O)c1c(O)nsc1Nc1nc(C(=O)N2CCc3ccccc32)cs1. The molecule has 4 rings (SSSR count). The van der Waals surface area contributed by atoms with Crippen LogP contribution >= 0.6 is 22.9 Å². The molecule has 2 amide bonds. The van der Waals surface area contributed by atoms with Gasteiger partial charge < -0.3 is 25.7 Å². The largest absolute Gasteiger partial charge is 0.492 e. The van der Waals surface area contributed by atoms with Gasteiger partial charge in [-0.05, 0) is 36.5 Å². The number of aromatic hydroxyl groups is 1. The molecule has 0 bridgehead atoms. The van der Waals surface area contributed by atoms with Crippen LogP contribution in [0.3, 0.4) is 0 Å². The van der Waals surface area contributed by atoms with E-state index in [9.17, 15) is 14.7 Å². The van der Waals surface area contributed by atoms with Crippen molar-refractivity contribution in [1.82, 2.24) is 14.7 Å². The first-order chi connectivity index (χ1) is 14.5. The molecule has 0 fully saturated rings. The highest BCUT2D eigenvalue weighted by atomic mass is 32.1. The summed E-state index contributed by atoms with van der Waals surface area (Å²) in [6.45, 7) is 2.01. The van der Waals surface area contributed by atoms with Gasteiger partial charge in [0.1, 0.15) is 16.3 Å². The first kappa shape index (κ1) is 20.3. The van der Waals surface area contributed by atoms with Crippen LogP contribution in [0.5, 0.6) is 5.88 Å². The van der Waals surface area contributed by atoms with Crippen LogP contribution in [0.2, 0.25) is 0 Å². The molecule has 9 nitrogen and oxygen atoms in total. The summed E-state index contributed by atoms with van der Waals surface area (Å²) < 4.78 is 3.81. The number of benzene rings is 1. The van der Waals surface area contributed by atoms with Crippen molar-refractivity contribution in [3.05, 3.63) is 46.5 Å². The topological polar surface area (TPSA) is 128 Å². The molecule has 156 valence electrons. The molecule has 1 aliphatic heterocycles. The van der Waals surface area contributed by atoms with Gasteiger partial charge in [-0.3, -0.25) is 9.59 Å². The van der Waals surface area contributed by atoms with Gasteiger partial charge in [-0.2, -0.15) is 4.37 Å². The number of rotatable bonds is 6. The van der Waals surface area contributed by atoms with E-state index in [1.54, 1.807) is 17.2 Å². The van der Waals surface area contributed by atoms with E-state index < -0.39 is 17.8 Å². The van der Waals surface area contributed by atoms with Crippen molar-refractivity contribution in [3.8, 4) is 5.88 Å². The predicted molar refractivity (Wildman–Crippen MR) is 115 cm³/mol. The zero-order chi connectivity index (χ0) is 21.3. The third-order valence-corrected chi connectivity index (χ3v) is 6.14. The first-order valence-electron chi connectivity index (χ1n) is 9.20. The Bertz CT molecular complexity index is 1100. The normalized spacial score (nSPS) is 13.7. The van der Waals surface area contributed by atoms with Crippen molar-refractivity contribution in [2.45, 2.75) is 19.4 Å². The molecule has 1 aromatic carbocycles. The number of carbonyl (C=O) groups is 2. The number of nitrogens with one attached hydrogen (secondary N) is 2. The lowest BCUT2D eigenvalue weighted by Gasteiger charge is -2.15. The molecule has 3 aromatic rings. The van der Waals surface area contributed by atoms with Crippen LogP contribution in [0.25, 0.3) is 0 Å². The number of thiazole rings is 1. The van der Waals surface area contributed by atoms with E-state index in [2.05, 4.69) is 20.0 Å². The zero-order valence-corrected chi connectivity index (χ0v) is 17.6. The van der Waals surface area contributed by atoms with Crippen LogP contribution in [0.1, 0.15) is 33.3 Å². The number of anilines is 3. The van der Waals surface area contributed by atoms with Crippen molar-refractivity contribution in [3.63, 3.8) is 0 Å². The third-order valence-electron chi connectivity index (χ3n) is 4.63. The lowest BCUT2D eigenvalue weighted by atomic mass is 10.2. The van der Waals surface area contributed by atoms with E-state index in [4.69, 9.17) is 5.11 Å². The molecule has 0 spiro atoms. The van der Waals surface area contributed by atoms with E-state index in [1.807, 2.05) is 24.3 Å². The maximum Gasteiger partial charge on any atom is 0.277 e. The van der Waals surface area contributed by atoms with Crippen molar-refractivity contribution in [2.75, 3.05) is 23.4 Å². The van der Waals surface area contributed by atoms with E-state index in [-0.39, 0.29) is 18.1 Å². The number of hydrogen-bond acceptors (Lipinski definition) is 9. The summed E-state index contributed by atoms with van der Waals surface area (Å²) in [6.07, 6.45) is 0.808. The maximum absolute atomic E-state index is 12.9. The molecule has 0 saturated carbocycles. The van der Waals surface area contributed by atoms with Gasteiger partial charge in [-0.25, -0.2) is 4.98 Å². The number of amides is 2. The van der Waals surface area contributed by atoms with Gasteiger partial charge in [-0.1, -0.05) is 18.2 Å². The molecular weight excluding hydrogens is 426 g/mol. The monoisotopic (exact) mass is 445 g/mol. The van der Waals surface area contributed by atoms with E-state index in [0.29, 0.717) is 22.4 Å². The van der Waals surface area contributed by atoms with Gasteiger partial charge in [0.25, 0.3) is 11.8 Å². The molecule has 1 unspecified atom stereocenters. The van der Waals surface area contributed by atoms with Crippen molar-refractivity contribution in [2.24, 2.45) is 0 Å². The summed E-state index contributed by atoms with van der Waals surface area (Å²) in [4.78, 5) is 31.4. The smallest absolute Gasteiger partial charge is 0.277 e. The standard InChI is InChI=1S/C19H19N5O4S2/c1-10(8-25)20-15(26)14-16(27)23-30-17(14)22-19-21-12(9-29-19)18(28)24-7-6-11-4-2-3-5-13(11)24/h2-5,9-10,25H,6-8H2,1H3,(H,20,26)(H,21,22)(H,23,27). The molecular formula is C19H19N5O4S2. The minimum atomic E-state index is -0.563. The first-order valence-corrected chi connectivity index (χ1v) is 10.9. The van der Waals surface area contributed by atoms with Gasteiger partial charge in [-0.15, -0.1) is 11.3 Å². The van der Waals surface area contributed by atoms with E-state index in [1.165, 1.54) is 11.3 Å². The molecule has 2 aromatic heterocycles. The Balaban J connectivity index is 1.51. The molecule has 0 radical (unpaired) electrons. The number of aromatic nitrogens is 2. The lowest BCUT2D eigenvalue weighted by Crippen LogP contribution is -2.35. The number of aliphatic hydroxyl groups excluding tert-OH is 1. The fourth-order valence-electron chi connectivity index (χ4n) is 3.13. The molecule has 1 atom stereocenters. The molecule has 3 heterocycles. The van der Waals surface area contributed by atoms with Crippen LogP contribution in [0, 0.1) is 0 Å². The minimum absolute atomic E-state index is 0.0307. The number of aliphatic hydroxyl groups is 1. The summed E-state index contributed by atoms with van der Waals surface area (Å²) in [5.41, 5.74) is 2.30. The predicted octanol–water partition coefficient (Wildman–Crippen LogP) is 2.36. The summed E-state index contributed by atoms with van der Waals surface area (Å²) in [5, 5.41) is 26.9. The minimum Gasteiger partial charge on any atom is -0.492 e. The Labute approximate surface area is 180 Å². The Morgan fingerprint density at radius 3 is 2.93 bits per heavy atom. The van der Waals surface area contributed by atoms with Crippen LogP contribution in [0.15, 0.2) is 29.6 Å². The van der Waals surface area contributed by atoms with Crippen molar-refractivity contribution < 1.29 is 19.8 Å². The molecule has 1 aliphatic rings. The zero-order valence-electron chi connectivity index (χ0n) is 16.0. The quantitative estimate of drug-likeness (QED) is 0.459.